The first kappa shape index (κ1) is 39.4. The Hall–Kier alpha value is -3.58. The molecule has 18 heteroatoms. The van der Waals surface area contributed by atoms with E-state index in [-0.39, 0.29) is 43.8 Å². The molecular formula is C27H23Br2N6O9Y-. The number of rotatable bonds is 5. The maximum atomic E-state index is 10.7. The number of hydrogen-bond donors (Lipinski definition) is 7. The number of nitrogens with two attached hydrogens (primary N) is 1. The van der Waals surface area contributed by atoms with Gasteiger partial charge in [-0.2, -0.15) is 0 Å². The molecule has 15 nitrogen and oxygen atoms in total. The molecule has 5 aromatic rings. The molecule has 0 aliphatic carbocycles. The van der Waals surface area contributed by atoms with Gasteiger partial charge in [0.2, 0.25) is 5.60 Å². The second-order valence-corrected chi connectivity index (χ2v) is 10.1. The molecule has 5 aromatic heterocycles. The predicted octanol–water partition coefficient (Wildman–Crippen LogP) is 2.43. The van der Waals surface area contributed by atoms with Crippen LogP contribution in [0, 0.1) is 6.07 Å². The van der Waals surface area contributed by atoms with E-state index < -0.39 is 36.7 Å². The smallest absolute Gasteiger partial charge is 0.340 e. The number of carboxylic acid groups (broad SMARTS) is 3. The van der Waals surface area contributed by atoms with Crippen LogP contribution in [-0.2, 0) is 37.5 Å². The first-order valence-electron chi connectivity index (χ1n) is 11.8. The average Bonchev–Trinajstić information content (AvgIpc) is 3.02. The minimum atomic E-state index is -2.39. The van der Waals surface area contributed by atoms with Crippen LogP contribution in [0.25, 0.3) is 22.1 Å². The number of carbonyl (C=O) groups is 3. The molecule has 8 N–H and O–H groups in total. The van der Waals surface area contributed by atoms with E-state index in [2.05, 4.69) is 62.8 Å². The summed E-state index contributed by atoms with van der Waals surface area (Å²) in [7, 11) is 0. The Kier molecular flexibility index (Phi) is 16.7. The third kappa shape index (κ3) is 12.7. The minimum Gasteiger partial charge on any atom is -0.479 e. The van der Waals surface area contributed by atoms with Gasteiger partial charge in [0.1, 0.15) is 5.82 Å². The number of fused-ring (bicyclic) bond motifs is 2. The molecule has 0 amide bonds. The summed E-state index contributed by atoms with van der Waals surface area (Å²) in [6.45, 7) is -1.97. The normalized spacial score (nSPS) is 10.1. The fourth-order valence-electron chi connectivity index (χ4n) is 2.72. The van der Waals surface area contributed by atoms with Crippen molar-refractivity contribution in [3.8, 4) is 0 Å². The van der Waals surface area contributed by atoms with E-state index in [1.54, 1.807) is 36.7 Å². The van der Waals surface area contributed by atoms with Crippen LogP contribution in [0.5, 0.6) is 0 Å². The summed E-state index contributed by atoms with van der Waals surface area (Å²) in [6.07, 6.45) is 7.37. The van der Waals surface area contributed by atoms with Gasteiger partial charge in [0, 0.05) is 71.8 Å². The second kappa shape index (κ2) is 19.1. The van der Waals surface area contributed by atoms with Gasteiger partial charge in [-0.05, 0) is 56.1 Å². The Bertz CT molecular complexity index is 1730. The molecule has 1 radical (unpaired) electrons. The number of aliphatic hydroxyl groups is 3. The van der Waals surface area contributed by atoms with Gasteiger partial charge in [0.15, 0.2) is 5.65 Å². The number of nitrogens with zero attached hydrogens (tertiary/aromatic N) is 5. The van der Waals surface area contributed by atoms with Crippen LogP contribution >= 0.6 is 31.9 Å². The summed E-state index contributed by atoms with van der Waals surface area (Å²) in [6, 6.07) is 12.8. The van der Waals surface area contributed by atoms with Gasteiger partial charge in [-0.15, -0.1) is 11.5 Å². The van der Waals surface area contributed by atoms with Crippen LogP contribution in [0.15, 0.2) is 76.3 Å². The summed E-state index contributed by atoms with van der Waals surface area (Å²) >= 11 is 6.48. The number of aliphatic carboxylic acids is 1. The number of carboxylic acids is 3. The molecule has 0 spiro atoms. The van der Waals surface area contributed by atoms with Crippen molar-refractivity contribution in [2.45, 2.75) is 5.60 Å². The molecule has 0 aliphatic rings. The third-order valence-electron chi connectivity index (χ3n) is 5.06. The Morgan fingerprint density at radius 2 is 1.27 bits per heavy atom. The van der Waals surface area contributed by atoms with Crippen molar-refractivity contribution in [2.24, 2.45) is 0 Å². The molecule has 0 atom stereocenters. The predicted molar refractivity (Wildman–Crippen MR) is 163 cm³/mol. The molecule has 0 bridgehead atoms. The molecule has 5 rings (SSSR count). The van der Waals surface area contributed by atoms with Crippen LogP contribution in [0.4, 0.5) is 5.82 Å². The quantitative estimate of drug-likeness (QED) is 0.126. The Morgan fingerprint density at radius 3 is 1.71 bits per heavy atom. The number of aromatic carboxylic acids is 2. The monoisotopic (exact) mass is 822 g/mol. The van der Waals surface area contributed by atoms with Crippen molar-refractivity contribution < 1.29 is 77.7 Å². The molecular weight excluding hydrogens is 801 g/mol. The number of hydrogen-bond acceptors (Lipinski definition) is 12. The Balaban J connectivity index is 0.000000306. The zero-order chi connectivity index (χ0) is 32.9. The molecule has 0 aliphatic heterocycles. The first-order valence-corrected chi connectivity index (χ1v) is 13.4. The van der Waals surface area contributed by atoms with Crippen molar-refractivity contribution in [1.29, 1.82) is 0 Å². The zero-order valence-corrected chi connectivity index (χ0v) is 28.8. The second-order valence-electron chi connectivity index (χ2n) is 8.29. The number of halogens is 2. The summed E-state index contributed by atoms with van der Waals surface area (Å²) in [5.74, 6) is -3.06. The van der Waals surface area contributed by atoms with Crippen molar-refractivity contribution in [1.82, 2.24) is 24.9 Å². The van der Waals surface area contributed by atoms with Gasteiger partial charge in [-0.3, -0.25) is 9.97 Å². The Morgan fingerprint density at radius 1 is 0.756 bits per heavy atom. The van der Waals surface area contributed by atoms with Crippen molar-refractivity contribution in [2.75, 3.05) is 18.9 Å². The number of aliphatic hydroxyl groups excluding tert-OH is 2. The van der Waals surface area contributed by atoms with Gasteiger partial charge in [-0.25, -0.2) is 41.5 Å². The standard InChI is InChI=1S/C9H5BrN2O2.C9H5N2O2.C5H5BrN2.C4H8O5.Y/c10-7-2-5-1-6(9(13)14)3-11-8(5)12-4-7;12-9(13)7-4-6-2-1-3-10-8(6)11-5-7;6-4-1-2-5(7)8-3-4;5-1-4(9,2-6)3(7)8;/h1-4H,(H,13,14);2-5H,(H,12,13);1-3H,(H2,7,8);5-6,9H,1-2H2,(H,7,8);/q;-1;;;. The largest absolute Gasteiger partial charge is 0.479 e. The maximum Gasteiger partial charge on any atom is 0.340 e. The molecule has 0 saturated carbocycles. The van der Waals surface area contributed by atoms with E-state index >= 15 is 0 Å². The fraction of sp³-hybridized carbons (Fsp3) is 0.111. The molecule has 0 fully saturated rings. The summed E-state index contributed by atoms with van der Waals surface area (Å²) in [5, 5.41) is 51.8. The van der Waals surface area contributed by atoms with Crippen molar-refractivity contribution >= 4 is 77.7 Å². The van der Waals surface area contributed by atoms with Gasteiger partial charge < -0.3 is 36.4 Å². The fourth-order valence-corrected chi connectivity index (χ4v) is 3.30. The number of pyridine rings is 5. The molecule has 0 unspecified atom stereocenters. The van der Waals surface area contributed by atoms with E-state index in [0.717, 1.165) is 8.95 Å². The number of nitrogen functional groups attached to an aromatic ring is 1. The summed E-state index contributed by atoms with van der Waals surface area (Å²) in [5.41, 5.74) is 4.30. The van der Waals surface area contributed by atoms with E-state index in [1.807, 2.05) is 6.07 Å². The SMILES string of the molecule is Nc1ccc(Br)cn1.O=C(O)C(O)(CO)CO.O=C(O)c1cnc2nc[c-]cc2c1.O=C(O)c1cnc2ncc(Br)cc2c1.[Y]. The molecule has 0 saturated heterocycles. The number of anilines is 1. The van der Waals surface area contributed by atoms with Crippen LogP contribution < -0.4 is 5.73 Å². The van der Waals surface area contributed by atoms with Gasteiger partial charge in [0.05, 0.1) is 30.0 Å². The molecule has 233 valence electrons. The zero-order valence-electron chi connectivity index (χ0n) is 22.8. The molecule has 0 aromatic carbocycles. The third-order valence-corrected chi connectivity index (χ3v) is 5.96. The molecule has 5 heterocycles. The van der Waals surface area contributed by atoms with E-state index in [4.69, 9.17) is 36.4 Å². The van der Waals surface area contributed by atoms with Gasteiger partial charge >= 0.3 is 17.9 Å². The van der Waals surface area contributed by atoms with E-state index in [9.17, 15) is 14.4 Å². The van der Waals surface area contributed by atoms with Crippen molar-refractivity contribution in [3.63, 3.8) is 0 Å². The summed E-state index contributed by atoms with van der Waals surface area (Å²) < 4.78 is 1.75. The first-order chi connectivity index (χ1) is 20.8. The van der Waals surface area contributed by atoms with Gasteiger partial charge in [-0.1, -0.05) is 6.20 Å². The minimum absolute atomic E-state index is 0. The summed E-state index contributed by atoms with van der Waals surface area (Å²) in [4.78, 5) is 50.7. The number of aromatic nitrogens is 5. The average molecular weight is 824 g/mol. The van der Waals surface area contributed by atoms with Crippen LogP contribution in [0.3, 0.4) is 0 Å². The van der Waals surface area contributed by atoms with Crippen LogP contribution in [0.1, 0.15) is 20.7 Å². The van der Waals surface area contributed by atoms with Gasteiger partial charge in [0.25, 0.3) is 0 Å². The maximum absolute atomic E-state index is 10.7. The molecule has 45 heavy (non-hydrogen) atoms. The van der Waals surface area contributed by atoms with Crippen molar-refractivity contribution in [3.05, 3.63) is 93.5 Å². The van der Waals surface area contributed by atoms with Crippen LogP contribution in [0.2, 0.25) is 0 Å². The van der Waals surface area contributed by atoms with Crippen LogP contribution in [-0.4, -0.2) is 92.3 Å². The topological polar surface area (TPSA) is 263 Å². The van der Waals surface area contributed by atoms with E-state index in [1.165, 1.54) is 24.7 Å². The Labute approximate surface area is 296 Å². The van der Waals surface area contributed by atoms with E-state index in [0.29, 0.717) is 27.9 Å².